The van der Waals surface area contributed by atoms with Crippen LogP contribution < -0.4 is 11.1 Å². The number of aryl methyl sites for hydroxylation is 1. The van der Waals surface area contributed by atoms with Gasteiger partial charge in [0.2, 0.25) is 0 Å². The van der Waals surface area contributed by atoms with E-state index in [0.717, 1.165) is 35.4 Å². The fourth-order valence-electron chi connectivity index (χ4n) is 3.07. The SMILES string of the molecule is Cc1ccc(C2CCNc3c4ccc(N)cc4nn32)cc1. The highest BCUT2D eigenvalue weighted by Gasteiger charge is 2.24. The summed E-state index contributed by atoms with van der Waals surface area (Å²) in [5.74, 6) is 1.10. The van der Waals surface area contributed by atoms with Gasteiger partial charge in [0.1, 0.15) is 5.82 Å². The Morgan fingerprint density at radius 1 is 1.19 bits per heavy atom. The van der Waals surface area contributed by atoms with Crippen LogP contribution in [-0.4, -0.2) is 16.3 Å². The largest absolute Gasteiger partial charge is 0.399 e. The molecular formula is C17H18N4. The van der Waals surface area contributed by atoms with Gasteiger partial charge >= 0.3 is 0 Å². The van der Waals surface area contributed by atoms with Gasteiger partial charge in [-0.1, -0.05) is 29.8 Å². The summed E-state index contributed by atoms with van der Waals surface area (Å²) in [5.41, 5.74) is 10.2. The molecule has 1 aliphatic rings. The Morgan fingerprint density at radius 3 is 2.81 bits per heavy atom. The number of hydrogen-bond donors (Lipinski definition) is 2. The van der Waals surface area contributed by atoms with Crippen molar-refractivity contribution in [2.75, 3.05) is 17.6 Å². The topological polar surface area (TPSA) is 55.9 Å². The molecule has 4 heteroatoms. The smallest absolute Gasteiger partial charge is 0.132 e. The van der Waals surface area contributed by atoms with Gasteiger partial charge in [-0.2, -0.15) is 5.10 Å². The lowest BCUT2D eigenvalue weighted by molar-refractivity contribution is 0.485. The van der Waals surface area contributed by atoms with Crippen molar-refractivity contribution in [2.24, 2.45) is 0 Å². The van der Waals surface area contributed by atoms with Gasteiger partial charge in [-0.25, -0.2) is 4.68 Å². The first-order valence-corrected chi connectivity index (χ1v) is 7.30. The molecule has 1 atom stereocenters. The minimum Gasteiger partial charge on any atom is -0.399 e. The second-order valence-corrected chi connectivity index (χ2v) is 5.71. The highest BCUT2D eigenvalue weighted by molar-refractivity contribution is 5.92. The molecule has 0 aliphatic carbocycles. The third kappa shape index (κ3) is 1.95. The summed E-state index contributed by atoms with van der Waals surface area (Å²) < 4.78 is 2.11. The first-order chi connectivity index (χ1) is 10.2. The number of anilines is 2. The summed E-state index contributed by atoms with van der Waals surface area (Å²) in [5, 5.41) is 9.38. The van der Waals surface area contributed by atoms with Crippen molar-refractivity contribution >= 4 is 22.4 Å². The Morgan fingerprint density at radius 2 is 2.00 bits per heavy atom. The summed E-state index contributed by atoms with van der Waals surface area (Å²) in [4.78, 5) is 0. The van der Waals surface area contributed by atoms with Gasteiger partial charge in [-0.15, -0.1) is 0 Å². The number of aromatic nitrogens is 2. The Bertz CT molecular complexity index is 802. The van der Waals surface area contributed by atoms with Gasteiger partial charge < -0.3 is 11.1 Å². The van der Waals surface area contributed by atoms with Crippen molar-refractivity contribution in [1.82, 2.24) is 9.78 Å². The molecule has 1 unspecified atom stereocenters. The fraction of sp³-hybridized carbons (Fsp3) is 0.235. The van der Waals surface area contributed by atoms with Crippen LogP contribution in [0.2, 0.25) is 0 Å². The first-order valence-electron chi connectivity index (χ1n) is 7.30. The van der Waals surface area contributed by atoms with Crippen molar-refractivity contribution in [3.05, 3.63) is 53.6 Å². The quantitative estimate of drug-likeness (QED) is 0.671. The molecule has 4 nitrogen and oxygen atoms in total. The molecule has 2 aromatic carbocycles. The number of fused-ring (bicyclic) bond motifs is 3. The predicted octanol–water partition coefficient (Wildman–Crippen LogP) is 3.33. The molecule has 0 spiro atoms. The number of nitrogen functional groups attached to an aromatic ring is 1. The van der Waals surface area contributed by atoms with E-state index in [-0.39, 0.29) is 6.04 Å². The summed E-state index contributed by atoms with van der Waals surface area (Å²) in [6, 6.07) is 14.9. The van der Waals surface area contributed by atoms with Crippen LogP contribution in [-0.2, 0) is 0 Å². The van der Waals surface area contributed by atoms with E-state index in [4.69, 9.17) is 10.8 Å². The van der Waals surface area contributed by atoms with E-state index < -0.39 is 0 Å². The van der Waals surface area contributed by atoms with Crippen LogP contribution in [0.3, 0.4) is 0 Å². The number of nitrogens with two attached hydrogens (primary N) is 1. The minimum atomic E-state index is 0.287. The molecule has 0 fully saturated rings. The molecular weight excluding hydrogens is 260 g/mol. The summed E-state index contributed by atoms with van der Waals surface area (Å²) >= 11 is 0. The van der Waals surface area contributed by atoms with Crippen molar-refractivity contribution in [1.29, 1.82) is 0 Å². The molecule has 0 saturated heterocycles. The van der Waals surface area contributed by atoms with Gasteiger partial charge in [0.25, 0.3) is 0 Å². The molecule has 0 saturated carbocycles. The average molecular weight is 278 g/mol. The number of hydrogen-bond acceptors (Lipinski definition) is 3. The lowest BCUT2D eigenvalue weighted by Crippen LogP contribution is -2.24. The third-order valence-electron chi connectivity index (χ3n) is 4.19. The van der Waals surface area contributed by atoms with E-state index in [1.807, 2.05) is 18.2 Å². The second kappa shape index (κ2) is 4.52. The zero-order chi connectivity index (χ0) is 14.4. The molecule has 106 valence electrons. The molecule has 4 rings (SSSR count). The van der Waals surface area contributed by atoms with Crippen LogP contribution in [0, 0.1) is 6.92 Å². The summed E-state index contributed by atoms with van der Waals surface area (Å²) in [6.07, 6.45) is 1.04. The molecule has 3 aromatic rings. The molecule has 0 amide bonds. The normalized spacial score (nSPS) is 17.5. The van der Waals surface area contributed by atoms with E-state index in [1.54, 1.807) is 0 Å². The Hall–Kier alpha value is -2.49. The van der Waals surface area contributed by atoms with E-state index in [0.29, 0.717) is 0 Å². The Labute approximate surface area is 123 Å². The van der Waals surface area contributed by atoms with E-state index in [2.05, 4.69) is 41.2 Å². The summed E-state index contributed by atoms with van der Waals surface area (Å²) in [7, 11) is 0. The third-order valence-corrected chi connectivity index (χ3v) is 4.19. The molecule has 3 N–H and O–H groups in total. The fourth-order valence-corrected chi connectivity index (χ4v) is 3.07. The standard InChI is InChI=1S/C17H18N4/c1-11-2-4-12(5-3-11)16-8-9-19-17-14-7-6-13(18)10-15(14)20-21(16)17/h2-7,10,16,19H,8-9,18H2,1H3. The monoisotopic (exact) mass is 278 g/mol. The zero-order valence-electron chi connectivity index (χ0n) is 12.0. The van der Waals surface area contributed by atoms with Gasteiger partial charge in [0.05, 0.1) is 11.6 Å². The van der Waals surface area contributed by atoms with E-state index in [1.165, 1.54) is 11.1 Å². The summed E-state index contributed by atoms with van der Waals surface area (Å²) in [6.45, 7) is 3.08. The molecule has 0 bridgehead atoms. The highest BCUT2D eigenvalue weighted by Crippen LogP contribution is 2.34. The highest BCUT2D eigenvalue weighted by atomic mass is 15.4. The van der Waals surface area contributed by atoms with Crippen LogP contribution in [0.15, 0.2) is 42.5 Å². The Kier molecular flexibility index (Phi) is 2.64. The van der Waals surface area contributed by atoms with Crippen molar-refractivity contribution < 1.29 is 0 Å². The number of rotatable bonds is 1. The van der Waals surface area contributed by atoms with E-state index >= 15 is 0 Å². The lowest BCUT2D eigenvalue weighted by atomic mass is 10.0. The zero-order valence-corrected chi connectivity index (χ0v) is 12.0. The maximum Gasteiger partial charge on any atom is 0.132 e. The van der Waals surface area contributed by atoms with Crippen LogP contribution >= 0.6 is 0 Å². The molecule has 2 heterocycles. The number of benzene rings is 2. The Balaban J connectivity index is 1.87. The minimum absolute atomic E-state index is 0.287. The van der Waals surface area contributed by atoms with Crippen molar-refractivity contribution in [3.8, 4) is 0 Å². The van der Waals surface area contributed by atoms with Crippen LogP contribution in [0.1, 0.15) is 23.6 Å². The maximum atomic E-state index is 5.87. The van der Waals surface area contributed by atoms with E-state index in [9.17, 15) is 0 Å². The van der Waals surface area contributed by atoms with Crippen LogP contribution in [0.5, 0.6) is 0 Å². The molecule has 1 aliphatic heterocycles. The van der Waals surface area contributed by atoms with Crippen molar-refractivity contribution in [2.45, 2.75) is 19.4 Å². The number of nitrogens with one attached hydrogen (secondary N) is 1. The molecule has 21 heavy (non-hydrogen) atoms. The maximum absolute atomic E-state index is 5.87. The lowest BCUT2D eigenvalue weighted by Gasteiger charge is -2.26. The predicted molar refractivity (Wildman–Crippen MR) is 86.6 cm³/mol. The first kappa shape index (κ1) is 12.3. The van der Waals surface area contributed by atoms with Crippen molar-refractivity contribution in [3.63, 3.8) is 0 Å². The van der Waals surface area contributed by atoms with Crippen LogP contribution in [0.25, 0.3) is 10.9 Å². The second-order valence-electron chi connectivity index (χ2n) is 5.71. The molecule has 0 radical (unpaired) electrons. The van der Waals surface area contributed by atoms with Gasteiger partial charge in [0.15, 0.2) is 0 Å². The van der Waals surface area contributed by atoms with Gasteiger partial charge in [-0.05, 0) is 37.1 Å². The molecule has 1 aromatic heterocycles. The number of nitrogens with zero attached hydrogens (tertiary/aromatic N) is 2. The van der Waals surface area contributed by atoms with Gasteiger partial charge in [-0.3, -0.25) is 0 Å². The average Bonchev–Trinajstić information content (AvgIpc) is 2.85. The van der Waals surface area contributed by atoms with Gasteiger partial charge in [0, 0.05) is 17.6 Å². The van der Waals surface area contributed by atoms with Crippen LogP contribution in [0.4, 0.5) is 11.5 Å².